The van der Waals surface area contributed by atoms with E-state index in [4.69, 9.17) is 4.42 Å². The molecule has 2 bridgehead atoms. The van der Waals surface area contributed by atoms with Crippen molar-refractivity contribution in [1.82, 2.24) is 15.6 Å². The number of carbonyl (C=O) groups is 1. The first kappa shape index (κ1) is 11.0. The fraction of sp³-hybridized carbons (Fsp3) is 0.429. The van der Waals surface area contributed by atoms with Crippen LogP contribution in [0.3, 0.4) is 0 Å². The van der Waals surface area contributed by atoms with Crippen LogP contribution in [0, 0.1) is 0 Å². The highest BCUT2D eigenvalue weighted by molar-refractivity contribution is 5.96. The topological polar surface area (TPSA) is 67.2 Å². The smallest absolute Gasteiger partial charge is 0.270 e. The molecule has 0 saturated carbocycles. The number of nitrogens with zero attached hydrogens (tertiary/aromatic N) is 1. The molecule has 2 N–H and O–H groups in total. The molecule has 2 aromatic rings. The number of fused-ring (bicyclic) bond motifs is 3. The zero-order chi connectivity index (χ0) is 12.8. The molecule has 98 valence electrons. The number of aromatic nitrogens is 1. The summed E-state index contributed by atoms with van der Waals surface area (Å²) in [4.78, 5) is 16.4. The molecule has 2 aromatic heterocycles. The second kappa shape index (κ2) is 4.06. The van der Waals surface area contributed by atoms with Crippen molar-refractivity contribution in [2.45, 2.75) is 37.4 Å². The highest BCUT2D eigenvalue weighted by atomic mass is 16.3. The van der Waals surface area contributed by atoms with Gasteiger partial charge in [0.25, 0.3) is 5.91 Å². The molecule has 1 amide bonds. The number of furan rings is 1. The van der Waals surface area contributed by atoms with E-state index < -0.39 is 0 Å². The summed E-state index contributed by atoms with van der Waals surface area (Å²) in [5.41, 5.74) is 0.455. The Morgan fingerprint density at radius 1 is 1.37 bits per heavy atom. The van der Waals surface area contributed by atoms with Gasteiger partial charge in [-0.15, -0.1) is 0 Å². The average molecular weight is 257 g/mol. The van der Waals surface area contributed by atoms with E-state index in [1.807, 2.05) is 0 Å². The predicted octanol–water partition coefficient (Wildman–Crippen LogP) is 1.45. The zero-order valence-electron chi connectivity index (χ0n) is 10.4. The van der Waals surface area contributed by atoms with Crippen LogP contribution in [0.2, 0.25) is 0 Å². The van der Waals surface area contributed by atoms with E-state index in [-0.39, 0.29) is 11.9 Å². The van der Waals surface area contributed by atoms with Crippen LogP contribution in [-0.4, -0.2) is 29.0 Å². The molecule has 0 aromatic carbocycles. The molecule has 4 heterocycles. The van der Waals surface area contributed by atoms with Gasteiger partial charge in [0.2, 0.25) is 0 Å². The third kappa shape index (κ3) is 1.81. The average Bonchev–Trinajstić information content (AvgIpc) is 3.13. The standard InChI is InChI=1S/C14H15N3O2/c18-14(17-12-4-10-1-2-11(12)16-10)13-3-8-6-19-7-9(8)5-15-13/h3,5-7,10-12,16H,1-2,4H2,(H,17,18)/t10-,11+,12-/m1/s1. The number of hydrogen-bond acceptors (Lipinski definition) is 4. The second-order valence-corrected chi connectivity index (χ2v) is 5.43. The van der Waals surface area contributed by atoms with E-state index in [2.05, 4.69) is 15.6 Å². The van der Waals surface area contributed by atoms with Crippen molar-refractivity contribution in [1.29, 1.82) is 0 Å². The number of pyridine rings is 1. The van der Waals surface area contributed by atoms with Crippen LogP contribution in [0.4, 0.5) is 0 Å². The van der Waals surface area contributed by atoms with Crippen LogP contribution in [-0.2, 0) is 0 Å². The van der Waals surface area contributed by atoms with Crippen molar-refractivity contribution >= 4 is 16.7 Å². The van der Waals surface area contributed by atoms with Crippen LogP contribution in [0.1, 0.15) is 29.8 Å². The molecular weight excluding hydrogens is 242 g/mol. The van der Waals surface area contributed by atoms with Gasteiger partial charge in [0.05, 0.1) is 12.5 Å². The van der Waals surface area contributed by atoms with Gasteiger partial charge in [-0.05, 0) is 25.3 Å². The first-order valence-electron chi connectivity index (χ1n) is 6.68. The lowest BCUT2D eigenvalue weighted by Gasteiger charge is -2.21. The molecule has 2 fully saturated rings. The molecule has 2 aliphatic heterocycles. The van der Waals surface area contributed by atoms with Crippen molar-refractivity contribution in [3.05, 3.63) is 30.5 Å². The van der Waals surface area contributed by atoms with Crippen LogP contribution < -0.4 is 10.6 Å². The quantitative estimate of drug-likeness (QED) is 0.854. The summed E-state index contributed by atoms with van der Waals surface area (Å²) in [5.74, 6) is -0.0950. The summed E-state index contributed by atoms with van der Waals surface area (Å²) in [6.45, 7) is 0. The Kier molecular flexibility index (Phi) is 2.35. The summed E-state index contributed by atoms with van der Waals surface area (Å²) in [5, 5.41) is 8.42. The normalized spacial score (nSPS) is 28.9. The summed E-state index contributed by atoms with van der Waals surface area (Å²) >= 11 is 0. The van der Waals surface area contributed by atoms with Gasteiger partial charge in [-0.3, -0.25) is 9.78 Å². The first-order chi connectivity index (χ1) is 9.29. The lowest BCUT2D eigenvalue weighted by Crippen LogP contribution is -2.43. The number of rotatable bonds is 2. The van der Waals surface area contributed by atoms with Crippen molar-refractivity contribution in [3.63, 3.8) is 0 Å². The fourth-order valence-electron chi connectivity index (χ4n) is 3.21. The SMILES string of the molecule is O=C(N[C@@H]1C[C@H]2CC[C@@H]1N2)c1cc2cocc2cn1. The zero-order valence-corrected chi connectivity index (χ0v) is 10.4. The maximum absolute atomic E-state index is 12.2. The number of amides is 1. The molecule has 4 rings (SSSR count). The Morgan fingerprint density at radius 2 is 2.26 bits per heavy atom. The molecule has 2 aliphatic rings. The van der Waals surface area contributed by atoms with E-state index >= 15 is 0 Å². The van der Waals surface area contributed by atoms with Gasteiger partial charge >= 0.3 is 0 Å². The van der Waals surface area contributed by atoms with E-state index in [0.29, 0.717) is 17.8 Å². The Labute approximate surface area is 110 Å². The van der Waals surface area contributed by atoms with Crippen molar-refractivity contribution in [3.8, 4) is 0 Å². The van der Waals surface area contributed by atoms with Crippen LogP contribution >= 0.6 is 0 Å². The molecule has 19 heavy (non-hydrogen) atoms. The first-order valence-corrected chi connectivity index (χ1v) is 6.68. The number of carbonyl (C=O) groups excluding carboxylic acids is 1. The molecule has 0 unspecified atom stereocenters. The third-order valence-electron chi connectivity index (χ3n) is 4.21. The monoisotopic (exact) mass is 257 g/mol. The molecular formula is C14H15N3O2. The van der Waals surface area contributed by atoms with Gasteiger partial charge in [0.15, 0.2) is 0 Å². The lowest BCUT2D eigenvalue weighted by atomic mass is 9.95. The van der Waals surface area contributed by atoms with E-state index in [1.165, 1.54) is 6.42 Å². The molecule has 3 atom stereocenters. The minimum Gasteiger partial charge on any atom is -0.471 e. The van der Waals surface area contributed by atoms with Crippen molar-refractivity contribution in [2.75, 3.05) is 0 Å². The summed E-state index contributed by atoms with van der Waals surface area (Å²) in [7, 11) is 0. The van der Waals surface area contributed by atoms with Gasteiger partial charge < -0.3 is 15.1 Å². The van der Waals surface area contributed by atoms with E-state index in [0.717, 1.165) is 23.6 Å². The van der Waals surface area contributed by atoms with Crippen molar-refractivity contribution in [2.24, 2.45) is 0 Å². The predicted molar refractivity (Wildman–Crippen MR) is 69.8 cm³/mol. The highest BCUT2D eigenvalue weighted by Gasteiger charge is 2.39. The van der Waals surface area contributed by atoms with Gasteiger partial charge in [0, 0.05) is 35.1 Å². The van der Waals surface area contributed by atoms with Crippen LogP contribution in [0.5, 0.6) is 0 Å². The largest absolute Gasteiger partial charge is 0.471 e. The maximum atomic E-state index is 12.2. The van der Waals surface area contributed by atoms with E-state index in [1.54, 1.807) is 24.8 Å². The molecule has 0 aliphatic carbocycles. The Morgan fingerprint density at radius 3 is 3.05 bits per heavy atom. The second-order valence-electron chi connectivity index (χ2n) is 5.43. The van der Waals surface area contributed by atoms with Gasteiger partial charge in [-0.2, -0.15) is 0 Å². The number of nitrogens with one attached hydrogen (secondary N) is 2. The molecule has 0 spiro atoms. The fourth-order valence-corrected chi connectivity index (χ4v) is 3.21. The summed E-state index contributed by atoms with van der Waals surface area (Å²) in [6.07, 6.45) is 8.36. The minimum atomic E-state index is -0.0950. The number of hydrogen-bond donors (Lipinski definition) is 2. The van der Waals surface area contributed by atoms with Crippen molar-refractivity contribution < 1.29 is 9.21 Å². The Bertz CT molecular complexity index is 636. The van der Waals surface area contributed by atoms with Crippen LogP contribution in [0.15, 0.2) is 29.2 Å². The highest BCUT2D eigenvalue weighted by Crippen LogP contribution is 2.28. The van der Waals surface area contributed by atoms with Gasteiger partial charge in [0.1, 0.15) is 5.69 Å². The molecule has 0 radical (unpaired) electrons. The summed E-state index contributed by atoms with van der Waals surface area (Å²) < 4.78 is 5.09. The lowest BCUT2D eigenvalue weighted by molar-refractivity contribution is 0.0926. The third-order valence-corrected chi connectivity index (χ3v) is 4.21. The summed E-state index contributed by atoms with van der Waals surface area (Å²) in [6, 6.07) is 3.04. The maximum Gasteiger partial charge on any atom is 0.270 e. The Balaban J connectivity index is 1.53. The molecule has 5 heteroatoms. The van der Waals surface area contributed by atoms with E-state index in [9.17, 15) is 4.79 Å². The Hall–Kier alpha value is -1.88. The van der Waals surface area contributed by atoms with Gasteiger partial charge in [-0.1, -0.05) is 0 Å². The molecule has 2 saturated heterocycles. The van der Waals surface area contributed by atoms with Gasteiger partial charge in [-0.25, -0.2) is 0 Å². The molecule has 5 nitrogen and oxygen atoms in total. The van der Waals surface area contributed by atoms with Crippen LogP contribution in [0.25, 0.3) is 10.8 Å². The minimum absolute atomic E-state index is 0.0950.